The molecule has 0 atom stereocenters. The first-order valence-electron chi connectivity index (χ1n) is 31.4. The number of aromatic hydroxyl groups is 2. The fraction of sp³-hybridized carbons (Fsp3) is 0.383. The van der Waals surface area contributed by atoms with Crippen molar-refractivity contribution in [1.29, 1.82) is 0 Å². The van der Waals surface area contributed by atoms with E-state index in [-0.39, 0.29) is 113 Å². The Bertz CT molecular complexity index is 4290. The second kappa shape index (κ2) is 25.5. The fourth-order valence-corrected chi connectivity index (χ4v) is 12.9. The second-order valence-electron chi connectivity index (χ2n) is 31.5. The van der Waals surface area contributed by atoms with Crippen LogP contribution in [0.15, 0.2) is 121 Å². The van der Waals surface area contributed by atoms with Crippen molar-refractivity contribution in [3.8, 4) is 56.6 Å². The molecular weight excluding hydrogens is 1230 g/mol. The molecule has 0 aliphatic heterocycles. The Morgan fingerprint density at radius 2 is 0.663 bits per heavy atom. The molecule has 0 unspecified atom stereocenters. The first kappa shape index (κ1) is 72.6. The molecule has 0 spiro atoms. The van der Waals surface area contributed by atoms with Gasteiger partial charge in [-0.25, -0.2) is 17.6 Å². The Morgan fingerprint density at radius 3 is 0.935 bits per heavy atom. The molecule has 0 saturated heterocycles. The SMILES string of the molecule is CCC(C)(C)c1cc(-c2cc(F)cc(F)c2OCCOc2c(F)cc(F)cc2-c2cc(C(C)(C)CC(C)(C)C)cc(-n3c4ccc(C(C)(C)C)cc4c4cc(C(C)(C)C)ccc43)c2O)c(O)c(-n2c3ccc(C(C)(C)C)cc3c3cc(C(C)(C)C)ccc32)c1.[CH3-].[CH3-].[Zr+2]. The molecule has 0 saturated carbocycles. The van der Waals surface area contributed by atoms with E-state index in [4.69, 9.17) is 9.47 Å². The molecule has 0 aliphatic rings. The maximum atomic E-state index is 16.8. The van der Waals surface area contributed by atoms with Crippen LogP contribution < -0.4 is 9.47 Å². The molecule has 10 rings (SSSR count). The van der Waals surface area contributed by atoms with Gasteiger partial charge in [0.05, 0.1) is 33.4 Å². The van der Waals surface area contributed by atoms with E-state index in [0.29, 0.717) is 17.8 Å². The first-order chi connectivity index (χ1) is 41.2. The van der Waals surface area contributed by atoms with E-state index in [0.717, 1.165) is 108 Å². The summed E-state index contributed by atoms with van der Waals surface area (Å²) >= 11 is 0. The van der Waals surface area contributed by atoms with Crippen LogP contribution in [0.25, 0.3) is 77.2 Å². The maximum absolute atomic E-state index is 16.8. The summed E-state index contributed by atoms with van der Waals surface area (Å²) in [6.07, 6.45) is 1.42. The number of rotatable bonds is 13. The molecule has 2 N–H and O–H groups in total. The molecule has 10 aromatic rings. The molecule has 6 nitrogen and oxygen atoms in total. The number of fused-ring (bicyclic) bond motifs is 6. The number of benzene rings is 8. The van der Waals surface area contributed by atoms with Crippen LogP contribution >= 0.6 is 0 Å². The van der Waals surface area contributed by atoms with E-state index in [1.807, 2.05) is 21.3 Å². The van der Waals surface area contributed by atoms with Crippen molar-refractivity contribution in [3.63, 3.8) is 0 Å². The van der Waals surface area contributed by atoms with Gasteiger partial charge in [0.15, 0.2) is 23.1 Å². The smallest absolute Gasteiger partial charge is 0.505 e. The van der Waals surface area contributed by atoms with Gasteiger partial charge in [-0.2, -0.15) is 0 Å². The number of nitrogens with zero attached hydrogens (tertiary/aromatic N) is 2. The normalized spacial score (nSPS) is 12.8. The topological polar surface area (TPSA) is 68.8 Å². The summed E-state index contributed by atoms with van der Waals surface area (Å²) in [5.41, 5.74) is 8.85. The molecule has 2 aromatic heterocycles. The Morgan fingerprint density at radius 1 is 0.370 bits per heavy atom. The van der Waals surface area contributed by atoms with Crippen molar-refractivity contribution >= 4 is 43.6 Å². The predicted molar refractivity (Wildman–Crippen MR) is 375 cm³/mol. The van der Waals surface area contributed by atoms with Crippen LogP contribution in [0.4, 0.5) is 17.6 Å². The third kappa shape index (κ3) is 13.9. The van der Waals surface area contributed by atoms with Crippen molar-refractivity contribution < 1.29 is 63.5 Å². The Balaban J connectivity index is 0.00000400. The summed E-state index contributed by atoms with van der Waals surface area (Å²) in [5.74, 6) is -5.00. The maximum Gasteiger partial charge on any atom is 2.00 e. The average molecular weight is 1330 g/mol. The second-order valence-corrected chi connectivity index (χ2v) is 31.5. The molecule has 92 heavy (non-hydrogen) atoms. The van der Waals surface area contributed by atoms with Crippen molar-refractivity contribution in [2.45, 2.75) is 184 Å². The zero-order valence-electron chi connectivity index (χ0n) is 58.5. The summed E-state index contributed by atoms with van der Waals surface area (Å²) in [4.78, 5) is 0. The molecule has 11 heteroatoms. The zero-order chi connectivity index (χ0) is 65.2. The quantitative estimate of drug-likeness (QED) is 0.0686. The number of halogens is 4. The molecule has 0 fully saturated rings. The van der Waals surface area contributed by atoms with Crippen molar-refractivity contribution in [2.75, 3.05) is 13.2 Å². The van der Waals surface area contributed by atoms with Gasteiger partial charge in [-0.05, 0) is 169 Å². The van der Waals surface area contributed by atoms with Gasteiger partial charge in [0.25, 0.3) is 0 Å². The van der Waals surface area contributed by atoms with Gasteiger partial charge in [-0.15, -0.1) is 0 Å². The van der Waals surface area contributed by atoms with Crippen LogP contribution in [0, 0.1) is 43.5 Å². The van der Waals surface area contributed by atoms with Gasteiger partial charge in [0, 0.05) is 55.9 Å². The standard InChI is InChI=1S/C79H90F4N2O4.2CH3.Zr/c1-21-78(17,18)49-36-57(69(86)67(38-49)84-63-26-22-45(74(5,6)7)32-53(63)54-33-46(75(8,9)10)23-27-64(54)84)59-40-51(80)42-61(82)71(59)88-30-31-89-72-60(41-52(81)43-62(72)83)58-37-50(79(19,20)44-73(2,3)4)39-68(70(58)87)85-65-28-24-47(76(11,12)13)34-55(65)56-35-48(77(14,15)16)25-29-66(56)85;;;/h22-29,32-43,86-87H,21,30-31,44H2,1-20H3;2*1H3;/q;2*-1;+2. The molecule has 2 heterocycles. The van der Waals surface area contributed by atoms with E-state index >= 15 is 17.6 Å². The molecule has 0 radical (unpaired) electrons. The van der Waals surface area contributed by atoms with Crippen LogP contribution in [0.5, 0.6) is 23.0 Å². The first-order valence-corrected chi connectivity index (χ1v) is 31.4. The Kier molecular flexibility index (Phi) is 20.1. The summed E-state index contributed by atoms with van der Waals surface area (Å²) in [6.45, 7) is 42.4. The summed E-state index contributed by atoms with van der Waals surface area (Å²) in [7, 11) is 0. The van der Waals surface area contributed by atoms with Crippen molar-refractivity contribution in [2.24, 2.45) is 5.41 Å². The number of aromatic nitrogens is 2. The van der Waals surface area contributed by atoms with E-state index in [1.165, 1.54) is 0 Å². The minimum atomic E-state index is -1.03. The number of phenolic OH excluding ortho intramolecular Hbond substituents is 2. The minimum Gasteiger partial charge on any atom is -0.505 e. The van der Waals surface area contributed by atoms with Crippen LogP contribution in [0.3, 0.4) is 0 Å². The molecule has 0 bridgehead atoms. The summed E-state index contributed by atoms with van der Waals surface area (Å²) in [6, 6.07) is 37.0. The van der Waals surface area contributed by atoms with Gasteiger partial charge >= 0.3 is 26.2 Å². The fourth-order valence-electron chi connectivity index (χ4n) is 12.9. The monoisotopic (exact) mass is 1330 g/mol. The van der Waals surface area contributed by atoms with E-state index < -0.39 is 47.3 Å². The van der Waals surface area contributed by atoms with Gasteiger partial charge in [0.1, 0.15) is 36.3 Å². The number of hydrogen-bond acceptors (Lipinski definition) is 4. The molecule has 486 valence electrons. The number of ether oxygens (including phenoxy) is 2. The van der Waals surface area contributed by atoms with Crippen LogP contribution in [0.2, 0.25) is 0 Å². The van der Waals surface area contributed by atoms with Crippen molar-refractivity contribution in [1.82, 2.24) is 9.13 Å². The third-order valence-electron chi connectivity index (χ3n) is 18.2. The molecule has 8 aromatic carbocycles. The Labute approximate surface area is 564 Å². The molecular formula is C81H96F4N2O4Zr. The van der Waals surface area contributed by atoms with E-state index in [2.05, 4.69) is 211 Å². The average Bonchev–Trinajstić information content (AvgIpc) is 1.53. The van der Waals surface area contributed by atoms with Crippen LogP contribution in [0.1, 0.15) is 185 Å². The summed E-state index contributed by atoms with van der Waals surface area (Å²) < 4.78 is 82.0. The predicted octanol–water partition coefficient (Wildman–Crippen LogP) is 23.1. The third-order valence-corrected chi connectivity index (χ3v) is 18.2. The van der Waals surface area contributed by atoms with E-state index in [1.54, 1.807) is 12.1 Å². The van der Waals surface area contributed by atoms with Gasteiger partial charge in [-0.3, -0.25) is 0 Å². The van der Waals surface area contributed by atoms with E-state index in [9.17, 15) is 10.2 Å². The van der Waals surface area contributed by atoms with Gasteiger partial charge < -0.3 is 43.7 Å². The molecule has 0 amide bonds. The summed E-state index contributed by atoms with van der Waals surface area (Å²) in [5, 5.41) is 29.8. The largest absolute Gasteiger partial charge is 2.00 e. The van der Waals surface area contributed by atoms with Gasteiger partial charge in [-0.1, -0.05) is 163 Å². The zero-order valence-corrected chi connectivity index (χ0v) is 61.0. The van der Waals surface area contributed by atoms with Gasteiger partial charge in [0.2, 0.25) is 0 Å². The molecule has 0 aliphatic carbocycles. The van der Waals surface area contributed by atoms with Crippen LogP contribution in [-0.4, -0.2) is 32.6 Å². The Hall–Kier alpha value is -6.84. The van der Waals surface area contributed by atoms with Crippen molar-refractivity contribution in [3.05, 3.63) is 193 Å². The number of hydrogen-bond donors (Lipinski definition) is 2. The minimum absolute atomic E-state index is 0. The van der Waals surface area contributed by atoms with Crippen LogP contribution in [-0.2, 0) is 58.7 Å². The number of phenols is 2.